The fourth-order valence-corrected chi connectivity index (χ4v) is 3.43. The average molecular weight is 319 g/mol. The number of likely N-dealkylation sites (tertiary alicyclic amines) is 1. The molecule has 0 bridgehead atoms. The highest BCUT2D eigenvalue weighted by atomic mass is 19.1. The van der Waals surface area contributed by atoms with Crippen molar-refractivity contribution >= 4 is 17.5 Å². The van der Waals surface area contributed by atoms with Crippen molar-refractivity contribution in [1.29, 1.82) is 0 Å². The summed E-state index contributed by atoms with van der Waals surface area (Å²) < 4.78 is 14.2. The van der Waals surface area contributed by atoms with Crippen LogP contribution in [0.25, 0.3) is 0 Å². The van der Waals surface area contributed by atoms with E-state index in [1.807, 2.05) is 6.92 Å². The van der Waals surface area contributed by atoms with Crippen LogP contribution >= 0.6 is 0 Å². The van der Waals surface area contributed by atoms with Crippen LogP contribution in [0, 0.1) is 5.82 Å². The molecule has 0 aromatic heterocycles. The predicted octanol–water partition coefficient (Wildman–Crippen LogP) is 1.90. The van der Waals surface area contributed by atoms with E-state index >= 15 is 0 Å². The quantitative estimate of drug-likeness (QED) is 0.905. The Kier molecular flexibility index (Phi) is 4.35. The van der Waals surface area contributed by atoms with E-state index in [0.717, 1.165) is 19.3 Å². The maximum atomic E-state index is 14.2. The Morgan fingerprint density at radius 2 is 2.13 bits per heavy atom. The molecule has 0 saturated carbocycles. The minimum absolute atomic E-state index is 0.0114. The van der Waals surface area contributed by atoms with Gasteiger partial charge in [0.25, 0.3) is 5.91 Å². The minimum Gasteiger partial charge on any atom is -0.336 e. The summed E-state index contributed by atoms with van der Waals surface area (Å²) in [5.41, 5.74) is 6.55. The summed E-state index contributed by atoms with van der Waals surface area (Å²) in [6.45, 7) is 3.09. The van der Waals surface area contributed by atoms with E-state index in [-0.39, 0.29) is 29.5 Å². The third-order valence-electron chi connectivity index (χ3n) is 4.74. The lowest BCUT2D eigenvalue weighted by Crippen LogP contribution is -2.48. The number of nitrogens with zero attached hydrogens (tertiary/aromatic N) is 2. The molecule has 0 aliphatic carbocycles. The van der Waals surface area contributed by atoms with Gasteiger partial charge in [-0.3, -0.25) is 9.59 Å². The number of nitrogens with two attached hydrogens (primary N) is 1. The van der Waals surface area contributed by atoms with E-state index in [1.54, 1.807) is 15.9 Å². The lowest BCUT2D eigenvalue weighted by atomic mass is 9.98. The maximum absolute atomic E-state index is 14.2. The molecule has 0 radical (unpaired) electrons. The first-order valence-electron chi connectivity index (χ1n) is 8.14. The first-order valence-corrected chi connectivity index (χ1v) is 8.14. The van der Waals surface area contributed by atoms with Gasteiger partial charge in [-0.1, -0.05) is 0 Å². The number of halogens is 1. The Labute approximate surface area is 135 Å². The van der Waals surface area contributed by atoms with Gasteiger partial charge in [-0.25, -0.2) is 4.39 Å². The third kappa shape index (κ3) is 3.08. The molecule has 1 aromatic carbocycles. The zero-order valence-electron chi connectivity index (χ0n) is 13.3. The van der Waals surface area contributed by atoms with Crippen LogP contribution in [0.5, 0.6) is 0 Å². The van der Waals surface area contributed by atoms with Gasteiger partial charge in [-0.05, 0) is 44.4 Å². The van der Waals surface area contributed by atoms with Gasteiger partial charge >= 0.3 is 0 Å². The second kappa shape index (κ2) is 6.28. The first-order chi connectivity index (χ1) is 11.0. The van der Waals surface area contributed by atoms with Crippen LogP contribution in [0.3, 0.4) is 0 Å². The van der Waals surface area contributed by atoms with Crippen molar-refractivity contribution < 1.29 is 14.0 Å². The summed E-state index contributed by atoms with van der Waals surface area (Å²) in [7, 11) is 0. The lowest BCUT2D eigenvalue weighted by molar-refractivity contribution is -0.117. The topological polar surface area (TPSA) is 66.6 Å². The van der Waals surface area contributed by atoms with Crippen molar-refractivity contribution in [3.05, 3.63) is 29.6 Å². The standard InChI is InChI=1S/C17H22FN3O2/c1-11-9-12(19)6-8-20(11)17(23)14-10-13(4-5-15(14)18)21-7-2-3-16(21)22/h4-5,10-12H,2-3,6-9,19H2,1H3/t11-,12+/m1/s1. The van der Waals surface area contributed by atoms with Gasteiger partial charge < -0.3 is 15.5 Å². The number of anilines is 1. The molecule has 6 heteroatoms. The number of amides is 2. The highest BCUT2D eigenvalue weighted by molar-refractivity contribution is 5.99. The summed E-state index contributed by atoms with van der Waals surface area (Å²) in [6, 6.07) is 4.41. The molecule has 2 amide bonds. The van der Waals surface area contributed by atoms with E-state index in [0.29, 0.717) is 25.2 Å². The van der Waals surface area contributed by atoms with Crippen LogP contribution in [0.4, 0.5) is 10.1 Å². The SMILES string of the molecule is C[C@@H]1C[C@@H](N)CCN1C(=O)c1cc(N2CCCC2=O)ccc1F. The van der Waals surface area contributed by atoms with Gasteiger partial charge in [0.1, 0.15) is 5.82 Å². The maximum Gasteiger partial charge on any atom is 0.257 e. The van der Waals surface area contributed by atoms with Gasteiger partial charge in [0, 0.05) is 37.3 Å². The summed E-state index contributed by atoms with van der Waals surface area (Å²) in [5, 5.41) is 0. The number of carbonyl (C=O) groups is 2. The molecule has 2 heterocycles. The summed E-state index contributed by atoms with van der Waals surface area (Å²) in [4.78, 5) is 27.9. The molecule has 2 aliphatic heterocycles. The Balaban J connectivity index is 1.86. The molecule has 3 rings (SSSR count). The highest BCUT2D eigenvalue weighted by Crippen LogP contribution is 2.26. The highest BCUT2D eigenvalue weighted by Gasteiger charge is 2.30. The molecular weight excluding hydrogens is 297 g/mol. The van der Waals surface area contributed by atoms with Crippen molar-refractivity contribution in [1.82, 2.24) is 4.90 Å². The van der Waals surface area contributed by atoms with E-state index in [2.05, 4.69) is 0 Å². The summed E-state index contributed by atoms with van der Waals surface area (Å²) in [6.07, 6.45) is 2.74. The predicted molar refractivity (Wildman–Crippen MR) is 85.7 cm³/mol. The second-order valence-corrected chi connectivity index (χ2v) is 6.45. The van der Waals surface area contributed by atoms with Gasteiger partial charge in [0.15, 0.2) is 0 Å². The second-order valence-electron chi connectivity index (χ2n) is 6.45. The minimum atomic E-state index is -0.549. The number of piperidine rings is 1. The fraction of sp³-hybridized carbons (Fsp3) is 0.529. The molecule has 23 heavy (non-hydrogen) atoms. The van der Waals surface area contributed by atoms with Crippen LogP contribution in [-0.2, 0) is 4.79 Å². The molecule has 2 aliphatic rings. The van der Waals surface area contributed by atoms with Crippen LogP contribution in [0.2, 0.25) is 0 Å². The fourth-order valence-electron chi connectivity index (χ4n) is 3.43. The van der Waals surface area contributed by atoms with Crippen LogP contribution in [0.15, 0.2) is 18.2 Å². The molecular formula is C17H22FN3O2. The van der Waals surface area contributed by atoms with E-state index in [4.69, 9.17) is 5.73 Å². The van der Waals surface area contributed by atoms with Crippen molar-refractivity contribution in [2.24, 2.45) is 5.73 Å². The van der Waals surface area contributed by atoms with Crippen LogP contribution < -0.4 is 10.6 Å². The smallest absolute Gasteiger partial charge is 0.257 e. The zero-order valence-corrected chi connectivity index (χ0v) is 13.3. The molecule has 5 nitrogen and oxygen atoms in total. The molecule has 2 N–H and O–H groups in total. The zero-order chi connectivity index (χ0) is 16.6. The Bertz CT molecular complexity index is 634. The molecule has 1 aromatic rings. The Morgan fingerprint density at radius 1 is 1.35 bits per heavy atom. The van der Waals surface area contributed by atoms with Gasteiger partial charge in [0.2, 0.25) is 5.91 Å². The van der Waals surface area contributed by atoms with Gasteiger partial charge in [-0.2, -0.15) is 0 Å². The number of rotatable bonds is 2. The van der Waals surface area contributed by atoms with E-state index in [9.17, 15) is 14.0 Å². The Hall–Kier alpha value is -1.95. The first kappa shape index (κ1) is 15.9. The molecule has 2 saturated heterocycles. The largest absolute Gasteiger partial charge is 0.336 e. The van der Waals surface area contributed by atoms with Crippen molar-refractivity contribution in [2.75, 3.05) is 18.0 Å². The number of hydrogen-bond acceptors (Lipinski definition) is 3. The van der Waals surface area contributed by atoms with Gasteiger partial charge in [0.05, 0.1) is 5.56 Å². The monoisotopic (exact) mass is 319 g/mol. The van der Waals surface area contributed by atoms with E-state index < -0.39 is 5.82 Å². The average Bonchev–Trinajstić information content (AvgIpc) is 2.93. The van der Waals surface area contributed by atoms with Crippen LogP contribution in [-0.4, -0.2) is 41.9 Å². The number of benzene rings is 1. The molecule has 124 valence electrons. The third-order valence-corrected chi connectivity index (χ3v) is 4.74. The molecule has 0 spiro atoms. The lowest BCUT2D eigenvalue weighted by Gasteiger charge is -2.36. The summed E-state index contributed by atoms with van der Waals surface area (Å²) >= 11 is 0. The normalized spacial score (nSPS) is 25.1. The van der Waals surface area contributed by atoms with Crippen LogP contribution in [0.1, 0.15) is 43.0 Å². The number of hydrogen-bond donors (Lipinski definition) is 1. The Morgan fingerprint density at radius 3 is 2.78 bits per heavy atom. The van der Waals surface area contributed by atoms with Crippen molar-refractivity contribution in [3.8, 4) is 0 Å². The van der Waals surface area contributed by atoms with Crippen molar-refractivity contribution in [2.45, 2.75) is 44.7 Å². The molecule has 2 atom stereocenters. The summed E-state index contributed by atoms with van der Waals surface area (Å²) in [5.74, 6) is -0.852. The molecule has 0 unspecified atom stereocenters. The number of carbonyl (C=O) groups excluding carboxylic acids is 2. The van der Waals surface area contributed by atoms with Crippen molar-refractivity contribution in [3.63, 3.8) is 0 Å². The van der Waals surface area contributed by atoms with E-state index in [1.165, 1.54) is 12.1 Å². The molecule has 2 fully saturated rings. The van der Waals surface area contributed by atoms with Gasteiger partial charge in [-0.15, -0.1) is 0 Å².